The van der Waals surface area contributed by atoms with Crippen LogP contribution < -0.4 is 0 Å². The summed E-state index contributed by atoms with van der Waals surface area (Å²) in [5.41, 5.74) is 1.97. The molecule has 2 heterocycles. The second kappa shape index (κ2) is 5.75. The molecule has 1 fully saturated rings. The van der Waals surface area contributed by atoms with Crippen molar-refractivity contribution in [2.45, 2.75) is 12.3 Å². The molecule has 0 N–H and O–H groups in total. The Hall–Kier alpha value is -1.68. The smallest absolute Gasteiger partial charge is 0.255 e. The third-order valence-corrected chi connectivity index (χ3v) is 4.25. The third kappa shape index (κ3) is 2.75. The molecule has 1 amide bonds. The van der Waals surface area contributed by atoms with Gasteiger partial charge in [0, 0.05) is 35.9 Å². The molecule has 1 aliphatic rings. The number of rotatable bonds is 2. The second-order valence-electron chi connectivity index (χ2n) is 5.03. The first-order valence-corrected chi connectivity index (χ1v) is 7.48. The molecule has 1 aliphatic heterocycles. The monoisotopic (exact) mass is 330 g/mol. The van der Waals surface area contributed by atoms with Gasteiger partial charge in [0.2, 0.25) is 0 Å². The molecule has 1 aromatic carbocycles. The minimum atomic E-state index is 0.0812. The van der Waals surface area contributed by atoms with E-state index in [9.17, 15) is 4.79 Å². The van der Waals surface area contributed by atoms with Crippen LogP contribution in [-0.2, 0) is 0 Å². The molecule has 1 unspecified atom stereocenters. The lowest BCUT2D eigenvalue weighted by Crippen LogP contribution is -2.28. The Labute approximate surface area is 126 Å². The van der Waals surface area contributed by atoms with Gasteiger partial charge in [0.25, 0.3) is 5.91 Å². The largest absolute Gasteiger partial charge is 0.338 e. The Kier molecular flexibility index (Phi) is 3.83. The molecular formula is C16H15BrN2O. The molecule has 4 heteroatoms. The number of hydrogen-bond acceptors (Lipinski definition) is 2. The van der Waals surface area contributed by atoms with E-state index in [1.165, 1.54) is 5.56 Å². The quantitative estimate of drug-likeness (QED) is 0.844. The van der Waals surface area contributed by atoms with Gasteiger partial charge >= 0.3 is 0 Å². The second-order valence-corrected chi connectivity index (χ2v) is 5.95. The highest BCUT2D eigenvalue weighted by atomic mass is 79.9. The number of likely N-dealkylation sites (tertiary alicyclic amines) is 1. The third-order valence-electron chi connectivity index (χ3n) is 3.73. The molecule has 0 radical (unpaired) electrons. The van der Waals surface area contributed by atoms with Crippen molar-refractivity contribution in [2.75, 3.05) is 13.1 Å². The highest BCUT2D eigenvalue weighted by molar-refractivity contribution is 9.10. The molecule has 0 spiro atoms. The van der Waals surface area contributed by atoms with Crippen molar-refractivity contribution in [3.63, 3.8) is 0 Å². The van der Waals surface area contributed by atoms with Crippen molar-refractivity contribution >= 4 is 21.8 Å². The summed E-state index contributed by atoms with van der Waals surface area (Å²) in [6, 6.07) is 12.0. The predicted molar refractivity (Wildman–Crippen MR) is 81.6 cm³/mol. The summed E-state index contributed by atoms with van der Waals surface area (Å²) in [4.78, 5) is 18.3. The fourth-order valence-electron chi connectivity index (χ4n) is 2.62. The van der Waals surface area contributed by atoms with Crippen molar-refractivity contribution < 1.29 is 4.79 Å². The first-order chi connectivity index (χ1) is 9.74. The molecule has 0 saturated carbocycles. The van der Waals surface area contributed by atoms with E-state index in [2.05, 4.69) is 45.2 Å². The van der Waals surface area contributed by atoms with Gasteiger partial charge in [-0.15, -0.1) is 0 Å². The van der Waals surface area contributed by atoms with Gasteiger partial charge in [-0.2, -0.15) is 0 Å². The van der Waals surface area contributed by atoms with Gasteiger partial charge in [0.05, 0.1) is 5.56 Å². The minimum Gasteiger partial charge on any atom is -0.338 e. The zero-order valence-electron chi connectivity index (χ0n) is 11.0. The first kappa shape index (κ1) is 13.3. The number of hydrogen-bond donors (Lipinski definition) is 0. The lowest BCUT2D eigenvalue weighted by Gasteiger charge is -2.16. The SMILES string of the molecule is O=C(c1cccnc1)N1CCC(c2ccc(Br)cc2)C1. The summed E-state index contributed by atoms with van der Waals surface area (Å²) in [6.07, 6.45) is 4.34. The van der Waals surface area contributed by atoms with Gasteiger partial charge in [0.1, 0.15) is 0 Å². The first-order valence-electron chi connectivity index (χ1n) is 6.69. The van der Waals surface area contributed by atoms with Gasteiger partial charge in [-0.05, 0) is 36.2 Å². The van der Waals surface area contributed by atoms with Gasteiger partial charge in [0.15, 0.2) is 0 Å². The molecule has 0 bridgehead atoms. The molecule has 3 nitrogen and oxygen atoms in total. The Morgan fingerprint density at radius 2 is 2.05 bits per heavy atom. The van der Waals surface area contributed by atoms with E-state index in [1.807, 2.05) is 11.0 Å². The van der Waals surface area contributed by atoms with E-state index >= 15 is 0 Å². The van der Waals surface area contributed by atoms with E-state index in [0.717, 1.165) is 24.0 Å². The standard InChI is InChI=1S/C16H15BrN2O/c17-15-5-3-12(4-6-15)14-7-9-19(11-14)16(20)13-2-1-8-18-10-13/h1-6,8,10,14H,7,9,11H2. The van der Waals surface area contributed by atoms with Gasteiger partial charge in [-0.25, -0.2) is 0 Å². The lowest BCUT2D eigenvalue weighted by molar-refractivity contribution is 0.0790. The van der Waals surface area contributed by atoms with Crippen molar-refractivity contribution in [2.24, 2.45) is 0 Å². The zero-order valence-corrected chi connectivity index (χ0v) is 12.6. The van der Waals surface area contributed by atoms with E-state index in [4.69, 9.17) is 0 Å². The molecule has 20 heavy (non-hydrogen) atoms. The van der Waals surface area contributed by atoms with Gasteiger partial charge in [-0.3, -0.25) is 9.78 Å². The van der Waals surface area contributed by atoms with Crippen molar-refractivity contribution in [1.82, 2.24) is 9.88 Å². The van der Waals surface area contributed by atoms with Gasteiger partial charge < -0.3 is 4.90 Å². The van der Waals surface area contributed by atoms with Gasteiger partial charge in [-0.1, -0.05) is 28.1 Å². The maximum Gasteiger partial charge on any atom is 0.255 e. The van der Waals surface area contributed by atoms with Crippen LogP contribution in [0.1, 0.15) is 28.3 Å². The predicted octanol–water partition coefficient (Wildman–Crippen LogP) is 3.47. The van der Waals surface area contributed by atoms with E-state index in [1.54, 1.807) is 18.5 Å². The molecule has 1 atom stereocenters. The van der Waals surface area contributed by atoms with Crippen LogP contribution in [0.2, 0.25) is 0 Å². The Bertz CT molecular complexity index is 598. The summed E-state index contributed by atoms with van der Waals surface area (Å²) < 4.78 is 1.09. The van der Waals surface area contributed by atoms with Crippen molar-refractivity contribution in [3.05, 3.63) is 64.4 Å². The summed E-state index contributed by atoms with van der Waals surface area (Å²) in [7, 11) is 0. The number of nitrogens with zero attached hydrogens (tertiary/aromatic N) is 2. The number of benzene rings is 1. The van der Waals surface area contributed by atoms with Crippen LogP contribution in [0.4, 0.5) is 0 Å². The van der Waals surface area contributed by atoms with Crippen LogP contribution in [0.15, 0.2) is 53.3 Å². The minimum absolute atomic E-state index is 0.0812. The molecular weight excluding hydrogens is 316 g/mol. The fourth-order valence-corrected chi connectivity index (χ4v) is 2.89. The van der Waals surface area contributed by atoms with E-state index < -0.39 is 0 Å². The molecule has 102 valence electrons. The fraction of sp³-hybridized carbons (Fsp3) is 0.250. The van der Waals surface area contributed by atoms with Crippen molar-refractivity contribution in [1.29, 1.82) is 0 Å². The van der Waals surface area contributed by atoms with Crippen LogP contribution >= 0.6 is 15.9 Å². The maximum atomic E-state index is 12.4. The van der Waals surface area contributed by atoms with Crippen LogP contribution in [0.5, 0.6) is 0 Å². The van der Waals surface area contributed by atoms with Crippen LogP contribution in [0, 0.1) is 0 Å². The molecule has 0 aliphatic carbocycles. The van der Waals surface area contributed by atoms with Crippen molar-refractivity contribution in [3.8, 4) is 0 Å². The number of carbonyl (C=O) groups is 1. The van der Waals surface area contributed by atoms with Crippen LogP contribution in [-0.4, -0.2) is 28.9 Å². The van der Waals surface area contributed by atoms with Crippen LogP contribution in [0.3, 0.4) is 0 Å². The molecule has 1 aromatic heterocycles. The number of halogens is 1. The average molecular weight is 331 g/mol. The van der Waals surface area contributed by atoms with Crippen LogP contribution in [0.25, 0.3) is 0 Å². The molecule has 2 aromatic rings. The lowest BCUT2D eigenvalue weighted by atomic mass is 9.99. The summed E-state index contributed by atoms with van der Waals surface area (Å²) in [5, 5.41) is 0. The molecule has 3 rings (SSSR count). The Balaban J connectivity index is 1.71. The Morgan fingerprint density at radius 1 is 1.25 bits per heavy atom. The average Bonchev–Trinajstić information content (AvgIpc) is 2.98. The number of pyridine rings is 1. The maximum absolute atomic E-state index is 12.4. The topological polar surface area (TPSA) is 33.2 Å². The van der Waals surface area contributed by atoms with E-state index in [0.29, 0.717) is 11.5 Å². The number of amides is 1. The summed E-state index contributed by atoms with van der Waals surface area (Å²) in [6.45, 7) is 1.60. The number of aromatic nitrogens is 1. The highest BCUT2D eigenvalue weighted by Crippen LogP contribution is 2.28. The Morgan fingerprint density at radius 3 is 2.75 bits per heavy atom. The molecule has 1 saturated heterocycles. The normalized spacial score (nSPS) is 18.2. The summed E-state index contributed by atoms with van der Waals surface area (Å²) in [5.74, 6) is 0.515. The van der Waals surface area contributed by atoms with E-state index in [-0.39, 0.29) is 5.91 Å². The zero-order chi connectivity index (χ0) is 13.9. The number of carbonyl (C=O) groups excluding carboxylic acids is 1. The highest BCUT2D eigenvalue weighted by Gasteiger charge is 2.27. The summed E-state index contributed by atoms with van der Waals surface area (Å²) >= 11 is 3.45.